The summed E-state index contributed by atoms with van der Waals surface area (Å²) in [7, 11) is 0. The van der Waals surface area contributed by atoms with Crippen LogP contribution in [0.3, 0.4) is 0 Å². The van der Waals surface area contributed by atoms with Crippen LogP contribution >= 0.6 is 0 Å². The normalized spacial score (nSPS) is 15.7. The summed E-state index contributed by atoms with van der Waals surface area (Å²) in [6.07, 6.45) is 9.54. The summed E-state index contributed by atoms with van der Waals surface area (Å²) in [6.45, 7) is 2.14. The van der Waals surface area contributed by atoms with Crippen molar-refractivity contribution in [1.29, 1.82) is 0 Å². The van der Waals surface area contributed by atoms with Gasteiger partial charge >= 0.3 is 5.97 Å². The molecule has 0 amide bonds. The molecule has 4 N–H and O–H groups in total. The second kappa shape index (κ2) is 14.7. The van der Waals surface area contributed by atoms with Gasteiger partial charge in [-0.25, -0.2) is 0 Å². The van der Waals surface area contributed by atoms with E-state index < -0.39 is 24.3 Å². The van der Waals surface area contributed by atoms with E-state index in [9.17, 15) is 20.1 Å². The minimum Gasteiger partial charge on any atom is -0.481 e. The maximum Gasteiger partial charge on any atom is 0.303 e. The van der Waals surface area contributed by atoms with Crippen LogP contribution in [0.2, 0.25) is 0 Å². The molecule has 0 fully saturated rings. The van der Waals surface area contributed by atoms with Crippen molar-refractivity contribution in [3.63, 3.8) is 0 Å². The fourth-order valence-electron chi connectivity index (χ4n) is 2.44. The molecule has 0 aliphatic heterocycles. The molecular weight excluding hydrogens is 296 g/mol. The Kier molecular flexibility index (Phi) is 14.1. The van der Waals surface area contributed by atoms with Crippen LogP contribution in [0.5, 0.6) is 0 Å². The smallest absolute Gasteiger partial charge is 0.303 e. The van der Waals surface area contributed by atoms with Gasteiger partial charge in [0.1, 0.15) is 0 Å². The van der Waals surface area contributed by atoms with Gasteiger partial charge in [0.25, 0.3) is 0 Å². The van der Waals surface area contributed by atoms with Crippen LogP contribution < -0.4 is 0 Å². The fraction of sp³-hybridized carbons (Fsp3) is 0.833. The van der Waals surface area contributed by atoms with Crippen molar-refractivity contribution in [2.45, 2.75) is 95.9 Å². The Morgan fingerprint density at radius 1 is 0.870 bits per heavy atom. The molecule has 3 atom stereocenters. The molecule has 5 nitrogen and oxygen atoms in total. The topological polar surface area (TPSA) is 98.0 Å². The number of carbonyl (C=O) groups is 1. The Labute approximate surface area is 140 Å². The lowest BCUT2D eigenvalue weighted by molar-refractivity contribution is -0.137. The molecule has 0 bridgehead atoms. The van der Waals surface area contributed by atoms with Crippen molar-refractivity contribution in [2.75, 3.05) is 0 Å². The lowest BCUT2D eigenvalue weighted by atomic mass is 10.0. The van der Waals surface area contributed by atoms with E-state index in [1.54, 1.807) is 6.08 Å². The molecule has 0 aliphatic carbocycles. The molecule has 3 unspecified atom stereocenters. The molecule has 23 heavy (non-hydrogen) atoms. The Hall–Kier alpha value is -0.910. The second-order valence-electron chi connectivity index (χ2n) is 6.25. The fourth-order valence-corrected chi connectivity index (χ4v) is 2.44. The van der Waals surface area contributed by atoms with E-state index in [1.165, 1.54) is 12.5 Å². The van der Waals surface area contributed by atoms with Crippen molar-refractivity contribution >= 4 is 5.97 Å². The Bertz CT molecular complexity index is 317. The quantitative estimate of drug-likeness (QED) is 0.273. The SMILES string of the molecule is CCCCCCC(O)CC(O)/C=C/C(O)CCCCCC(=O)O. The monoisotopic (exact) mass is 330 g/mol. The van der Waals surface area contributed by atoms with Crippen molar-refractivity contribution in [3.05, 3.63) is 12.2 Å². The summed E-state index contributed by atoms with van der Waals surface area (Å²) in [5.41, 5.74) is 0. The zero-order valence-corrected chi connectivity index (χ0v) is 14.4. The van der Waals surface area contributed by atoms with E-state index in [4.69, 9.17) is 5.11 Å². The molecule has 0 aromatic rings. The van der Waals surface area contributed by atoms with E-state index in [-0.39, 0.29) is 6.42 Å². The Balaban J connectivity index is 3.71. The maximum atomic E-state index is 10.4. The van der Waals surface area contributed by atoms with Crippen LogP contribution in [0.1, 0.15) is 77.6 Å². The zero-order chi connectivity index (χ0) is 17.5. The first-order valence-corrected chi connectivity index (χ1v) is 8.90. The zero-order valence-electron chi connectivity index (χ0n) is 14.4. The summed E-state index contributed by atoms with van der Waals surface area (Å²) in [5.74, 6) is -0.790. The van der Waals surface area contributed by atoms with E-state index in [0.29, 0.717) is 25.7 Å². The van der Waals surface area contributed by atoms with Crippen molar-refractivity contribution in [1.82, 2.24) is 0 Å². The van der Waals surface area contributed by atoms with Gasteiger partial charge in [-0.05, 0) is 19.3 Å². The van der Waals surface area contributed by atoms with Crippen LogP contribution in [0.25, 0.3) is 0 Å². The summed E-state index contributed by atoms with van der Waals surface area (Å²) in [5, 5.41) is 37.9. The standard InChI is InChI=1S/C18H34O5/c1-2-3-4-6-10-16(20)14-17(21)13-12-15(19)9-7-5-8-11-18(22)23/h12-13,15-17,19-21H,2-11,14H2,1H3,(H,22,23)/b13-12+. The highest BCUT2D eigenvalue weighted by Crippen LogP contribution is 2.11. The summed E-state index contributed by atoms with van der Waals surface area (Å²) >= 11 is 0. The molecule has 0 aliphatic rings. The Morgan fingerprint density at radius 2 is 1.48 bits per heavy atom. The van der Waals surface area contributed by atoms with Gasteiger partial charge in [-0.3, -0.25) is 4.79 Å². The molecule has 0 radical (unpaired) electrons. The van der Waals surface area contributed by atoms with Crippen LogP contribution in [0.4, 0.5) is 0 Å². The first-order chi connectivity index (χ1) is 11.0. The van der Waals surface area contributed by atoms with Crippen LogP contribution in [0.15, 0.2) is 12.2 Å². The summed E-state index contributed by atoms with van der Waals surface area (Å²) < 4.78 is 0. The van der Waals surface area contributed by atoms with Crippen LogP contribution in [-0.2, 0) is 4.79 Å². The average Bonchev–Trinajstić information content (AvgIpc) is 2.49. The highest BCUT2D eigenvalue weighted by atomic mass is 16.4. The molecule has 0 saturated heterocycles. The third kappa shape index (κ3) is 15.8. The summed E-state index contributed by atoms with van der Waals surface area (Å²) in [4.78, 5) is 10.4. The van der Waals surface area contributed by atoms with Gasteiger partial charge in [-0.15, -0.1) is 0 Å². The van der Waals surface area contributed by atoms with Crippen LogP contribution in [0, 0.1) is 0 Å². The number of aliphatic hydroxyl groups excluding tert-OH is 3. The average molecular weight is 330 g/mol. The highest BCUT2D eigenvalue weighted by Gasteiger charge is 2.10. The van der Waals surface area contributed by atoms with E-state index >= 15 is 0 Å². The van der Waals surface area contributed by atoms with Gasteiger partial charge in [-0.1, -0.05) is 57.6 Å². The van der Waals surface area contributed by atoms with Gasteiger partial charge in [0.05, 0.1) is 18.3 Å². The van der Waals surface area contributed by atoms with Crippen molar-refractivity contribution in [2.24, 2.45) is 0 Å². The minimum atomic E-state index is -0.790. The van der Waals surface area contributed by atoms with E-state index in [0.717, 1.165) is 32.1 Å². The number of unbranched alkanes of at least 4 members (excludes halogenated alkanes) is 5. The third-order valence-electron chi connectivity index (χ3n) is 3.85. The van der Waals surface area contributed by atoms with Gasteiger partial charge in [0, 0.05) is 12.8 Å². The number of hydrogen-bond donors (Lipinski definition) is 4. The molecule has 5 heteroatoms. The molecule has 136 valence electrons. The minimum absolute atomic E-state index is 0.167. The lowest BCUT2D eigenvalue weighted by Gasteiger charge is -2.13. The predicted octanol–water partition coefficient (Wildman–Crippen LogP) is 3.02. The second-order valence-corrected chi connectivity index (χ2v) is 6.25. The van der Waals surface area contributed by atoms with Crippen molar-refractivity contribution in [3.8, 4) is 0 Å². The van der Waals surface area contributed by atoms with Gasteiger partial charge in [-0.2, -0.15) is 0 Å². The largest absolute Gasteiger partial charge is 0.481 e. The number of carboxylic acids is 1. The number of rotatable bonds is 15. The highest BCUT2D eigenvalue weighted by molar-refractivity contribution is 5.66. The molecule has 0 saturated carbocycles. The van der Waals surface area contributed by atoms with Crippen LogP contribution in [-0.4, -0.2) is 44.7 Å². The number of carboxylic acid groups (broad SMARTS) is 1. The first kappa shape index (κ1) is 22.1. The molecule has 0 spiro atoms. The maximum absolute atomic E-state index is 10.4. The molecule has 0 rings (SSSR count). The molecular formula is C18H34O5. The molecule has 0 heterocycles. The van der Waals surface area contributed by atoms with E-state index in [2.05, 4.69) is 6.92 Å². The number of aliphatic hydroxyl groups is 3. The number of hydrogen-bond acceptors (Lipinski definition) is 4. The van der Waals surface area contributed by atoms with Gasteiger partial charge in [0.15, 0.2) is 0 Å². The first-order valence-electron chi connectivity index (χ1n) is 8.90. The van der Waals surface area contributed by atoms with Crippen molar-refractivity contribution < 1.29 is 25.2 Å². The molecule has 0 aromatic carbocycles. The predicted molar refractivity (Wildman–Crippen MR) is 91.3 cm³/mol. The van der Waals surface area contributed by atoms with Gasteiger partial charge < -0.3 is 20.4 Å². The number of aliphatic carboxylic acids is 1. The Morgan fingerprint density at radius 3 is 2.13 bits per heavy atom. The van der Waals surface area contributed by atoms with Gasteiger partial charge in [0.2, 0.25) is 0 Å². The molecule has 0 aromatic heterocycles. The van der Waals surface area contributed by atoms with E-state index in [1.807, 2.05) is 0 Å². The summed E-state index contributed by atoms with van der Waals surface area (Å²) in [6, 6.07) is 0. The lowest BCUT2D eigenvalue weighted by Crippen LogP contribution is -2.16. The third-order valence-corrected chi connectivity index (χ3v) is 3.85.